The van der Waals surface area contributed by atoms with Crippen LogP contribution in [-0.4, -0.2) is 26.0 Å². The Morgan fingerprint density at radius 3 is 0.700 bits per heavy atom. The summed E-state index contributed by atoms with van der Waals surface area (Å²) in [4.78, 5) is 2.00. The summed E-state index contributed by atoms with van der Waals surface area (Å²) in [6.07, 6.45) is 0. The second kappa shape index (κ2) is 11.1. The molecule has 4 aromatic carbocycles. The summed E-state index contributed by atoms with van der Waals surface area (Å²) in [5, 5.41) is 0. The molecule has 4 rings (SSSR count). The van der Waals surface area contributed by atoms with Crippen LogP contribution in [0.2, 0.25) is 0 Å². The Balaban J connectivity index is 0.000000589. The molecule has 0 aliphatic heterocycles. The first kappa shape index (κ1) is 21.5. The van der Waals surface area contributed by atoms with E-state index in [0.29, 0.717) is 0 Å². The fourth-order valence-corrected chi connectivity index (χ4v) is 3.80. The van der Waals surface area contributed by atoms with Crippen molar-refractivity contribution in [3.63, 3.8) is 0 Å². The van der Waals surface area contributed by atoms with Crippen LogP contribution in [0.25, 0.3) is 0 Å². The van der Waals surface area contributed by atoms with E-state index in [1.807, 2.05) is 26.0 Å². The Hall–Kier alpha value is -3.16. The first-order valence-corrected chi connectivity index (χ1v) is 10.5. The van der Waals surface area contributed by atoms with Crippen molar-refractivity contribution in [1.29, 1.82) is 0 Å². The van der Waals surface area contributed by atoms with Gasteiger partial charge in [0.25, 0.3) is 0 Å². The van der Waals surface area contributed by atoms with Crippen LogP contribution in [0.5, 0.6) is 0 Å². The first-order chi connectivity index (χ1) is 14.7. The van der Waals surface area contributed by atoms with Crippen molar-refractivity contribution < 1.29 is 0 Å². The summed E-state index contributed by atoms with van der Waals surface area (Å²) >= 11 is 0. The third-order valence-electron chi connectivity index (χ3n) is 4.97. The number of hydrogen-bond acceptors (Lipinski definition) is 1. The summed E-state index contributed by atoms with van der Waals surface area (Å²) in [7, 11) is 6.00. The van der Waals surface area contributed by atoms with E-state index in [2.05, 4.69) is 121 Å². The monoisotopic (exact) mass is 393 g/mol. The zero-order valence-electron chi connectivity index (χ0n) is 18.1. The Labute approximate surface area is 181 Å². The van der Waals surface area contributed by atoms with Gasteiger partial charge in [0, 0.05) is 11.8 Å². The van der Waals surface area contributed by atoms with E-state index in [9.17, 15) is 0 Å². The quantitative estimate of drug-likeness (QED) is 0.359. The predicted molar refractivity (Wildman–Crippen MR) is 129 cm³/mol. The van der Waals surface area contributed by atoms with Crippen molar-refractivity contribution in [1.82, 2.24) is 4.90 Å². The zero-order valence-corrected chi connectivity index (χ0v) is 18.1. The summed E-state index contributed by atoms with van der Waals surface area (Å²) in [5.41, 5.74) is 5.38. The standard InChI is InChI=1S/C26H22.C3H9N/c1-5-13-21(14-6-1)25(22-15-7-2-8-16-22)26(23-17-9-3-10-18-23)24-19-11-4-12-20-24;1-4(2)3/h1-20,25-26H;1-3H3. The number of nitrogens with zero attached hydrogens (tertiary/aromatic N) is 1. The van der Waals surface area contributed by atoms with Gasteiger partial charge >= 0.3 is 0 Å². The lowest BCUT2D eigenvalue weighted by Gasteiger charge is -2.29. The van der Waals surface area contributed by atoms with Gasteiger partial charge in [-0.25, -0.2) is 0 Å². The fourth-order valence-electron chi connectivity index (χ4n) is 3.80. The minimum absolute atomic E-state index is 0.266. The van der Waals surface area contributed by atoms with Gasteiger partial charge in [-0.05, 0) is 43.4 Å². The summed E-state index contributed by atoms with van der Waals surface area (Å²) in [6, 6.07) is 43.4. The molecule has 0 saturated carbocycles. The van der Waals surface area contributed by atoms with Crippen LogP contribution in [-0.2, 0) is 0 Å². The highest BCUT2D eigenvalue weighted by Crippen LogP contribution is 2.42. The van der Waals surface area contributed by atoms with Gasteiger partial charge in [-0.1, -0.05) is 121 Å². The van der Waals surface area contributed by atoms with E-state index in [1.165, 1.54) is 22.3 Å². The van der Waals surface area contributed by atoms with Crippen molar-refractivity contribution in [3.05, 3.63) is 144 Å². The fraction of sp³-hybridized carbons (Fsp3) is 0.172. The van der Waals surface area contributed by atoms with Crippen molar-refractivity contribution >= 4 is 0 Å². The van der Waals surface area contributed by atoms with E-state index in [-0.39, 0.29) is 11.8 Å². The highest BCUT2D eigenvalue weighted by atomic mass is 15.0. The third-order valence-corrected chi connectivity index (χ3v) is 4.97. The molecule has 1 nitrogen and oxygen atoms in total. The lowest BCUT2D eigenvalue weighted by Crippen LogP contribution is -2.14. The van der Waals surface area contributed by atoms with Gasteiger partial charge in [0.15, 0.2) is 0 Å². The molecular formula is C29H31N. The van der Waals surface area contributed by atoms with Crippen molar-refractivity contribution in [3.8, 4) is 0 Å². The lowest BCUT2D eigenvalue weighted by atomic mass is 9.74. The van der Waals surface area contributed by atoms with Gasteiger partial charge in [-0.3, -0.25) is 0 Å². The van der Waals surface area contributed by atoms with Crippen LogP contribution in [0.3, 0.4) is 0 Å². The number of hydrogen-bond donors (Lipinski definition) is 0. The molecule has 0 amide bonds. The van der Waals surface area contributed by atoms with E-state index >= 15 is 0 Å². The second-order valence-electron chi connectivity index (χ2n) is 7.94. The van der Waals surface area contributed by atoms with Crippen LogP contribution < -0.4 is 0 Å². The van der Waals surface area contributed by atoms with Crippen LogP contribution in [0.4, 0.5) is 0 Å². The minimum Gasteiger partial charge on any atom is -0.312 e. The zero-order chi connectivity index (χ0) is 21.2. The topological polar surface area (TPSA) is 3.24 Å². The molecule has 0 N–H and O–H groups in total. The van der Waals surface area contributed by atoms with Gasteiger partial charge in [0.2, 0.25) is 0 Å². The second-order valence-corrected chi connectivity index (χ2v) is 7.94. The maximum Gasteiger partial charge on any atom is 0.0199 e. The molecular weight excluding hydrogens is 362 g/mol. The molecule has 0 fully saturated rings. The maximum absolute atomic E-state index is 2.25. The maximum atomic E-state index is 2.25. The van der Waals surface area contributed by atoms with Gasteiger partial charge in [-0.15, -0.1) is 0 Å². The Kier molecular flexibility index (Phi) is 8.00. The number of rotatable bonds is 5. The van der Waals surface area contributed by atoms with E-state index in [1.54, 1.807) is 0 Å². The molecule has 0 spiro atoms. The molecule has 4 aromatic rings. The highest BCUT2D eigenvalue weighted by Gasteiger charge is 2.27. The summed E-state index contributed by atoms with van der Waals surface area (Å²) in [6.45, 7) is 0. The Bertz CT molecular complexity index is 801. The Morgan fingerprint density at radius 1 is 0.367 bits per heavy atom. The average molecular weight is 394 g/mol. The van der Waals surface area contributed by atoms with Gasteiger partial charge < -0.3 is 4.90 Å². The molecule has 0 radical (unpaired) electrons. The average Bonchev–Trinajstić information content (AvgIpc) is 2.79. The molecule has 0 unspecified atom stereocenters. The molecule has 0 bridgehead atoms. The first-order valence-electron chi connectivity index (χ1n) is 10.5. The van der Waals surface area contributed by atoms with Gasteiger partial charge in [-0.2, -0.15) is 0 Å². The van der Waals surface area contributed by atoms with Crippen LogP contribution in [0.15, 0.2) is 121 Å². The van der Waals surface area contributed by atoms with E-state index in [4.69, 9.17) is 0 Å². The van der Waals surface area contributed by atoms with Gasteiger partial charge in [0.05, 0.1) is 0 Å². The van der Waals surface area contributed by atoms with Crippen LogP contribution in [0.1, 0.15) is 34.1 Å². The molecule has 30 heavy (non-hydrogen) atoms. The normalized spacial score (nSPS) is 10.7. The lowest BCUT2D eigenvalue weighted by molar-refractivity contribution is 0.505. The highest BCUT2D eigenvalue weighted by molar-refractivity contribution is 5.44. The Morgan fingerprint density at radius 2 is 0.533 bits per heavy atom. The SMILES string of the molecule is CN(C)C.c1ccc(C(c2ccccc2)C(c2ccccc2)c2ccccc2)cc1. The van der Waals surface area contributed by atoms with Crippen molar-refractivity contribution in [2.24, 2.45) is 0 Å². The molecule has 0 atom stereocenters. The summed E-state index contributed by atoms with van der Waals surface area (Å²) in [5.74, 6) is 0.532. The molecule has 0 heterocycles. The predicted octanol–water partition coefficient (Wildman–Crippen LogP) is 6.83. The molecule has 1 heteroatoms. The molecule has 0 aromatic heterocycles. The van der Waals surface area contributed by atoms with Crippen LogP contribution >= 0.6 is 0 Å². The van der Waals surface area contributed by atoms with Crippen LogP contribution in [0, 0.1) is 0 Å². The molecule has 0 saturated heterocycles. The smallest absolute Gasteiger partial charge is 0.0199 e. The molecule has 152 valence electrons. The molecule has 0 aliphatic carbocycles. The third kappa shape index (κ3) is 5.92. The minimum atomic E-state index is 0.266. The van der Waals surface area contributed by atoms with E-state index < -0.39 is 0 Å². The summed E-state index contributed by atoms with van der Waals surface area (Å²) < 4.78 is 0. The van der Waals surface area contributed by atoms with Crippen molar-refractivity contribution in [2.75, 3.05) is 21.1 Å². The molecule has 0 aliphatic rings. The largest absolute Gasteiger partial charge is 0.312 e. The van der Waals surface area contributed by atoms with E-state index in [0.717, 1.165) is 0 Å². The van der Waals surface area contributed by atoms with Crippen molar-refractivity contribution in [2.45, 2.75) is 11.8 Å². The number of benzene rings is 4. The van der Waals surface area contributed by atoms with Gasteiger partial charge in [0.1, 0.15) is 0 Å².